The van der Waals surface area contributed by atoms with Gasteiger partial charge in [0.1, 0.15) is 0 Å². The van der Waals surface area contributed by atoms with Gasteiger partial charge in [0.25, 0.3) is 0 Å². The molecule has 2 saturated carbocycles. The molecule has 1 aromatic rings. The van der Waals surface area contributed by atoms with Crippen LogP contribution in [0.1, 0.15) is 19.8 Å². The number of nitro groups is 1. The first-order valence-corrected chi connectivity index (χ1v) is 8.88. The number of anilines is 1. The molecule has 0 N–H and O–H groups in total. The molecular weight excluding hydrogens is 352 g/mol. The summed E-state index contributed by atoms with van der Waals surface area (Å²) >= 11 is 0. The number of ether oxygens (including phenoxy) is 1. The Bertz CT molecular complexity index is 929. The van der Waals surface area contributed by atoms with Crippen molar-refractivity contribution in [2.45, 2.75) is 19.8 Å². The zero-order valence-corrected chi connectivity index (χ0v) is 14.5. The SMILES string of the molecule is CC(=O)Oc1ccc(N2C(=O)[C@@H]3[C@H](C2=O)[C@H]2C=C[C@H]3C23CC3)cc1[N+](=O)[O-]. The molecule has 0 radical (unpaired) electrons. The minimum absolute atomic E-state index is 0.0873. The molecule has 0 aromatic heterocycles. The average Bonchev–Trinajstić information content (AvgIpc) is 3.20. The molecule has 3 fully saturated rings. The van der Waals surface area contributed by atoms with E-state index < -0.39 is 16.6 Å². The van der Waals surface area contributed by atoms with E-state index in [4.69, 9.17) is 4.74 Å². The fraction of sp³-hybridized carbons (Fsp3) is 0.421. The standard InChI is InChI=1S/C19H16N2O6/c1-9(22)27-14-5-2-10(8-13(14)21(25)26)20-17(23)15-11-3-4-12(16(15)18(20)24)19(11)6-7-19/h2-5,8,11-12,15-16H,6-7H2,1H3/t11-,12-,15-,16+/m1/s1. The van der Waals surface area contributed by atoms with Gasteiger partial charge in [-0.15, -0.1) is 0 Å². The van der Waals surface area contributed by atoms with Gasteiger partial charge in [0, 0.05) is 13.0 Å². The van der Waals surface area contributed by atoms with Crippen molar-refractivity contribution in [3.05, 3.63) is 40.5 Å². The number of esters is 1. The predicted molar refractivity (Wildman–Crippen MR) is 91.7 cm³/mol. The zero-order valence-electron chi connectivity index (χ0n) is 14.5. The number of hydrogen-bond acceptors (Lipinski definition) is 6. The molecular formula is C19H16N2O6. The summed E-state index contributed by atoms with van der Waals surface area (Å²) in [5, 5.41) is 11.4. The first-order chi connectivity index (χ1) is 12.8. The number of hydrogen-bond donors (Lipinski definition) is 0. The second kappa shape index (κ2) is 5.03. The van der Waals surface area contributed by atoms with E-state index >= 15 is 0 Å². The van der Waals surface area contributed by atoms with Gasteiger partial charge < -0.3 is 4.74 Å². The van der Waals surface area contributed by atoms with Crippen LogP contribution in [0, 0.1) is 39.2 Å². The molecule has 1 saturated heterocycles. The number of rotatable bonds is 3. The Morgan fingerprint density at radius 1 is 1.19 bits per heavy atom. The average molecular weight is 368 g/mol. The maximum Gasteiger partial charge on any atom is 0.313 e. The smallest absolute Gasteiger partial charge is 0.313 e. The van der Waals surface area contributed by atoms with Gasteiger partial charge in [-0.2, -0.15) is 0 Å². The summed E-state index contributed by atoms with van der Waals surface area (Å²) in [7, 11) is 0. The van der Waals surface area contributed by atoms with Crippen molar-refractivity contribution in [1.82, 2.24) is 0 Å². The molecule has 1 aromatic carbocycles. The van der Waals surface area contributed by atoms with Gasteiger partial charge in [0.2, 0.25) is 17.6 Å². The van der Waals surface area contributed by atoms with Crippen LogP contribution in [0.5, 0.6) is 5.75 Å². The molecule has 138 valence electrons. The van der Waals surface area contributed by atoms with Gasteiger partial charge in [-0.25, -0.2) is 4.90 Å². The first kappa shape index (κ1) is 16.2. The highest BCUT2D eigenvalue weighted by Crippen LogP contribution is 2.73. The van der Waals surface area contributed by atoms with E-state index in [-0.39, 0.29) is 52.3 Å². The lowest BCUT2D eigenvalue weighted by molar-refractivity contribution is -0.385. The topological polar surface area (TPSA) is 107 Å². The summed E-state index contributed by atoms with van der Waals surface area (Å²) in [5.74, 6) is -2.05. The van der Waals surface area contributed by atoms with Crippen LogP contribution < -0.4 is 9.64 Å². The van der Waals surface area contributed by atoms with E-state index in [2.05, 4.69) is 12.2 Å². The zero-order chi connectivity index (χ0) is 19.1. The van der Waals surface area contributed by atoms with E-state index in [1.165, 1.54) is 12.1 Å². The van der Waals surface area contributed by atoms with Gasteiger partial charge >= 0.3 is 11.7 Å². The molecule has 4 atom stereocenters. The number of imide groups is 1. The van der Waals surface area contributed by atoms with E-state index in [1.807, 2.05) is 0 Å². The molecule has 1 spiro atoms. The molecule has 2 bridgehead atoms. The number of fused-ring (bicyclic) bond motifs is 3. The fourth-order valence-electron chi connectivity index (χ4n) is 5.36. The Kier molecular flexibility index (Phi) is 3.01. The van der Waals surface area contributed by atoms with Crippen molar-refractivity contribution in [2.24, 2.45) is 29.1 Å². The Balaban J connectivity index is 1.52. The van der Waals surface area contributed by atoms with Crippen LogP contribution in [0.25, 0.3) is 0 Å². The number of nitrogens with zero attached hydrogens (tertiary/aromatic N) is 2. The molecule has 2 amide bonds. The van der Waals surface area contributed by atoms with Crippen LogP contribution in [-0.2, 0) is 14.4 Å². The van der Waals surface area contributed by atoms with E-state index in [1.54, 1.807) is 0 Å². The number of carbonyl (C=O) groups excluding carboxylic acids is 3. The number of amides is 2. The van der Waals surface area contributed by atoms with Crippen LogP contribution in [0.15, 0.2) is 30.4 Å². The lowest BCUT2D eigenvalue weighted by Gasteiger charge is -2.21. The van der Waals surface area contributed by atoms with Crippen LogP contribution in [0.2, 0.25) is 0 Å². The molecule has 5 rings (SSSR count). The Hall–Kier alpha value is -3.03. The van der Waals surface area contributed by atoms with Crippen molar-refractivity contribution in [3.63, 3.8) is 0 Å². The summed E-state index contributed by atoms with van der Waals surface area (Å²) in [6, 6.07) is 3.78. The van der Waals surface area contributed by atoms with Gasteiger partial charge in [-0.3, -0.25) is 24.5 Å². The summed E-state index contributed by atoms with van der Waals surface area (Å²) in [4.78, 5) is 49.0. The first-order valence-electron chi connectivity index (χ1n) is 8.88. The van der Waals surface area contributed by atoms with E-state index in [0.717, 1.165) is 30.7 Å². The van der Waals surface area contributed by atoms with Crippen LogP contribution >= 0.6 is 0 Å². The molecule has 0 unspecified atom stereocenters. The van der Waals surface area contributed by atoms with Crippen LogP contribution in [0.4, 0.5) is 11.4 Å². The third kappa shape index (κ3) is 1.95. The van der Waals surface area contributed by atoms with Gasteiger partial charge in [0.15, 0.2) is 0 Å². The van der Waals surface area contributed by atoms with Gasteiger partial charge in [0.05, 0.1) is 22.4 Å². The second-order valence-corrected chi connectivity index (χ2v) is 7.74. The van der Waals surface area contributed by atoms with Crippen molar-refractivity contribution >= 4 is 29.2 Å². The fourth-order valence-corrected chi connectivity index (χ4v) is 5.36. The molecule has 3 aliphatic carbocycles. The van der Waals surface area contributed by atoms with Crippen molar-refractivity contribution in [1.29, 1.82) is 0 Å². The second-order valence-electron chi connectivity index (χ2n) is 7.74. The van der Waals surface area contributed by atoms with Crippen LogP contribution in [0.3, 0.4) is 0 Å². The minimum Gasteiger partial charge on any atom is -0.419 e. The van der Waals surface area contributed by atoms with Crippen molar-refractivity contribution < 1.29 is 24.0 Å². The monoisotopic (exact) mass is 368 g/mol. The molecule has 4 aliphatic rings. The Morgan fingerprint density at radius 2 is 1.78 bits per heavy atom. The lowest BCUT2D eigenvalue weighted by Crippen LogP contribution is -2.34. The number of carbonyl (C=O) groups is 3. The predicted octanol–water partition coefficient (Wildman–Crippen LogP) is 2.22. The molecule has 8 heteroatoms. The lowest BCUT2D eigenvalue weighted by atomic mass is 9.85. The molecule has 1 aliphatic heterocycles. The maximum absolute atomic E-state index is 13.1. The molecule has 8 nitrogen and oxygen atoms in total. The van der Waals surface area contributed by atoms with Crippen molar-refractivity contribution in [2.75, 3.05) is 4.90 Å². The van der Waals surface area contributed by atoms with Crippen molar-refractivity contribution in [3.8, 4) is 5.75 Å². The summed E-state index contributed by atoms with van der Waals surface area (Å²) in [5.41, 5.74) is -0.218. The van der Waals surface area contributed by atoms with E-state index in [9.17, 15) is 24.5 Å². The maximum atomic E-state index is 13.1. The van der Waals surface area contributed by atoms with Gasteiger partial charge in [-0.05, 0) is 42.2 Å². The summed E-state index contributed by atoms with van der Waals surface area (Å²) in [6.45, 7) is 1.14. The Morgan fingerprint density at radius 3 is 2.26 bits per heavy atom. The third-order valence-corrected chi connectivity index (χ3v) is 6.50. The highest BCUT2D eigenvalue weighted by atomic mass is 16.6. The summed E-state index contributed by atoms with van der Waals surface area (Å²) < 4.78 is 4.85. The van der Waals surface area contributed by atoms with Crippen LogP contribution in [-0.4, -0.2) is 22.7 Å². The highest BCUT2D eigenvalue weighted by molar-refractivity contribution is 6.23. The highest BCUT2D eigenvalue weighted by Gasteiger charge is 2.73. The molecule has 27 heavy (non-hydrogen) atoms. The van der Waals surface area contributed by atoms with Gasteiger partial charge in [-0.1, -0.05) is 12.2 Å². The number of benzene rings is 1. The Labute approximate surface area is 153 Å². The minimum atomic E-state index is -0.696. The third-order valence-electron chi connectivity index (χ3n) is 6.50. The summed E-state index contributed by atoms with van der Waals surface area (Å²) in [6.07, 6.45) is 6.23. The quantitative estimate of drug-likeness (QED) is 0.202. The molecule has 1 heterocycles. The normalized spacial score (nSPS) is 31.5. The number of allylic oxidation sites excluding steroid dienone is 2. The largest absolute Gasteiger partial charge is 0.419 e. The number of nitro benzene ring substituents is 1. The van der Waals surface area contributed by atoms with E-state index in [0.29, 0.717) is 0 Å².